The van der Waals surface area contributed by atoms with Crippen molar-refractivity contribution in [3.63, 3.8) is 0 Å². The van der Waals surface area contributed by atoms with Crippen LogP contribution >= 0.6 is 0 Å². The highest BCUT2D eigenvalue weighted by Gasteiger charge is 2.04. The second-order valence-electron chi connectivity index (χ2n) is 2.15. The van der Waals surface area contributed by atoms with Gasteiger partial charge in [0.05, 0.1) is 6.61 Å². The summed E-state index contributed by atoms with van der Waals surface area (Å²) in [6, 6.07) is 0. The summed E-state index contributed by atoms with van der Waals surface area (Å²) >= 11 is 0. The standard InChI is InChI=1S/C6H12O/c1-5(2)6(3)4-7/h5H,4H2,1-3H3. The largest absolute Gasteiger partial charge is 0.236 e. The maximum absolute atomic E-state index is 10.0. The molecule has 0 aliphatic carbocycles. The van der Waals surface area contributed by atoms with E-state index in [2.05, 4.69) is 0 Å². The minimum absolute atomic E-state index is 0.0162. The highest BCUT2D eigenvalue weighted by atomic mass is 16.3. The summed E-state index contributed by atoms with van der Waals surface area (Å²) in [6.45, 7) is 5.95. The fourth-order valence-electron chi connectivity index (χ4n) is 0.167. The first-order chi connectivity index (χ1) is 3.18. The molecule has 0 heterocycles. The van der Waals surface area contributed by atoms with Crippen LogP contribution in [0.15, 0.2) is 0 Å². The van der Waals surface area contributed by atoms with Crippen molar-refractivity contribution in [3.8, 4) is 0 Å². The second kappa shape index (κ2) is 3.03. The van der Waals surface area contributed by atoms with E-state index in [1.54, 1.807) is 0 Å². The summed E-state index contributed by atoms with van der Waals surface area (Å²) in [5.41, 5.74) is 0. The molecule has 0 aromatic heterocycles. The van der Waals surface area contributed by atoms with Crippen LogP contribution in [0.25, 0.3) is 0 Å². The van der Waals surface area contributed by atoms with E-state index >= 15 is 0 Å². The predicted octanol–water partition coefficient (Wildman–Crippen LogP) is 1.67. The molecule has 42 valence electrons. The number of hydrogen-bond acceptors (Lipinski definition) is 0. The molecule has 0 unspecified atom stereocenters. The van der Waals surface area contributed by atoms with Gasteiger partial charge in [0.15, 0.2) is 0 Å². The van der Waals surface area contributed by atoms with Crippen molar-refractivity contribution in [2.75, 3.05) is 6.61 Å². The lowest BCUT2D eigenvalue weighted by Crippen LogP contribution is -2.03. The van der Waals surface area contributed by atoms with E-state index in [9.17, 15) is 5.11 Å². The van der Waals surface area contributed by atoms with Crippen LogP contribution in [0.5, 0.6) is 0 Å². The summed E-state index contributed by atoms with van der Waals surface area (Å²) in [6.07, 6.45) is 0. The van der Waals surface area contributed by atoms with Gasteiger partial charge in [-0.1, -0.05) is 20.8 Å². The predicted molar refractivity (Wildman–Crippen MR) is 29.3 cm³/mol. The van der Waals surface area contributed by atoms with E-state index in [4.69, 9.17) is 0 Å². The van der Waals surface area contributed by atoms with E-state index in [-0.39, 0.29) is 6.61 Å². The van der Waals surface area contributed by atoms with Crippen LogP contribution in [0.3, 0.4) is 0 Å². The molecule has 0 bridgehead atoms. The molecule has 0 saturated heterocycles. The second-order valence-corrected chi connectivity index (χ2v) is 2.15. The van der Waals surface area contributed by atoms with Gasteiger partial charge in [-0.05, 0) is 5.92 Å². The van der Waals surface area contributed by atoms with Gasteiger partial charge in [0.25, 0.3) is 0 Å². The Hall–Kier alpha value is -0.0400. The Kier molecular flexibility index (Phi) is 3.01. The van der Waals surface area contributed by atoms with Crippen molar-refractivity contribution < 1.29 is 5.11 Å². The lowest BCUT2D eigenvalue weighted by Gasteiger charge is -2.07. The third-order valence-electron chi connectivity index (χ3n) is 1.21. The van der Waals surface area contributed by atoms with E-state index in [1.165, 1.54) is 0 Å². The number of hydrogen-bond donors (Lipinski definition) is 0. The van der Waals surface area contributed by atoms with Gasteiger partial charge >= 0.3 is 0 Å². The smallest absolute Gasteiger partial charge is 0.0884 e. The van der Waals surface area contributed by atoms with Crippen LogP contribution in [-0.2, 0) is 5.11 Å². The maximum Gasteiger partial charge on any atom is 0.0884 e. The molecule has 0 aliphatic heterocycles. The van der Waals surface area contributed by atoms with Gasteiger partial charge in [0.2, 0.25) is 0 Å². The molecular weight excluding hydrogens is 88.1 g/mol. The minimum Gasteiger partial charge on any atom is -0.236 e. The summed E-state index contributed by atoms with van der Waals surface area (Å²) in [5.74, 6) is 1.51. The SMILES string of the molecule is C[C](C[O])C(C)C. The molecule has 0 saturated carbocycles. The van der Waals surface area contributed by atoms with Crippen LogP contribution in [0.1, 0.15) is 20.8 Å². The van der Waals surface area contributed by atoms with Crippen LogP contribution in [0.2, 0.25) is 0 Å². The first kappa shape index (κ1) is 6.96. The molecule has 7 heavy (non-hydrogen) atoms. The zero-order valence-corrected chi connectivity index (χ0v) is 5.19. The molecule has 0 atom stereocenters. The summed E-state index contributed by atoms with van der Waals surface area (Å²) < 4.78 is 0. The van der Waals surface area contributed by atoms with E-state index in [1.807, 2.05) is 20.8 Å². The van der Waals surface area contributed by atoms with Gasteiger partial charge in [-0.3, -0.25) is 0 Å². The molecule has 0 aromatic carbocycles. The van der Waals surface area contributed by atoms with Crippen molar-refractivity contribution in [2.24, 2.45) is 5.92 Å². The molecule has 1 heteroatoms. The average molecular weight is 100 g/mol. The van der Waals surface area contributed by atoms with E-state index in [0.29, 0.717) is 5.92 Å². The van der Waals surface area contributed by atoms with Gasteiger partial charge in [0, 0.05) is 5.92 Å². The summed E-state index contributed by atoms with van der Waals surface area (Å²) in [5, 5.41) is 10.0. The highest BCUT2D eigenvalue weighted by molar-refractivity contribution is 4.85. The molecule has 2 radical (unpaired) electrons. The first-order valence-electron chi connectivity index (χ1n) is 2.59. The fraction of sp³-hybridized carbons (Fsp3) is 0.833. The molecule has 1 nitrogen and oxygen atoms in total. The third kappa shape index (κ3) is 2.63. The molecule has 0 fully saturated rings. The van der Waals surface area contributed by atoms with Crippen LogP contribution in [-0.4, -0.2) is 6.61 Å². The van der Waals surface area contributed by atoms with Crippen molar-refractivity contribution in [1.29, 1.82) is 0 Å². The molecule has 0 spiro atoms. The van der Waals surface area contributed by atoms with E-state index < -0.39 is 0 Å². The maximum atomic E-state index is 10.0. The third-order valence-corrected chi connectivity index (χ3v) is 1.21. The fourth-order valence-corrected chi connectivity index (χ4v) is 0.167. The summed E-state index contributed by atoms with van der Waals surface area (Å²) in [4.78, 5) is 0. The Bertz CT molecular complexity index is 41.4. The zero-order chi connectivity index (χ0) is 5.86. The van der Waals surface area contributed by atoms with Crippen LogP contribution < -0.4 is 0 Å². The van der Waals surface area contributed by atoms with Crippen LogP contribution in [0, 0.1) is 11.8 Å². The average Bonchev–Trinajstić information content (AvgIpc) is 1.65. The van der Waals surface area contributed by atoms with Gasteiger partial charge in [0.1, 0.15) is 0 Å². The molecule has 0 N–H and O–H groups in total. The van der Waals surface area contributed by atoms with Gasteiger partial charge < -0.3 is 0 Å². The molecule has 0 rings (SSSR count). The minimum atomic E-state index is -0.0162. The zero-order valence-electron chi connectivity index (χ0n) is 5.19. The Morgan fingerprint density at radius 3 is 2.00 bits per heavy atom. The molecular formula is C6H12O. The van der Waals surface area contributed by atoms with Crippen molar-refractivity contribution in [3.05, 3.63) is 5.92 Å². The van der Waals surface area contributed by atoms with Crippen molar-refractivity contribution >= 4 is 0 Å². The molecule has 0 aliphatic rings. The topological polar surface area (TPSA) is 19.9 Å². The van der Waals surface area contributed by atoms with E-state index in [0.717, 1.165) is 5.92 Å². The molecule has 0 aromatic rings. The van der Waals surface area contributed by atoms with Gasteiger partial charge in [-0.2, -0.15) is 0 Å². The Balaban J connectivity index is 3.14. The Morgan fingerprint density at radius 1 is 1.57 bits per heavy atom. The highest BCUT2D eigenvalue weighted by Crippen LogP contribution is 2.09. The normalized spacial score (nSPS) is 11.1. The van der Waals surface area contributed by atoms with Crippen LogP contribution in [0.4, 0.5) is 0 Å². The van der Waals surface area contributed by atoms with Gasteiger partial charge in [-0.25, -0.2) is 5.11 Å². The monoisotopic (exact) mass is 100 g/mol. The Labute approximate surface area is 45.4 Å². The lowest BCUT2D eigenvalue weighted by molar-refractivity contribution is 0.194. The van der Waals surface area contributed by atoms with Crippen molar-refractivity contribution in [2.45, 2.75) is 20.8 Å². The first-order valence-corrected chi connectivity index (χ1v) is 2.59. The van der Waals surface area contributed by atoms with Gasteiger partial charge in [-0.15, -0.1) is 0 Å². The summed E-state index contributed by atoms with van der Waals surface area (Å²) in [7, 11) is 0. The van der Waals surface area contributed by atoms with Crippen molar-refractivity contribution in [1.82, 2.24) is 0 Å². The molecule has 0 amide bonds. The number of rotatable bonds is 2. The Morgan fingerprint density at radius 2 is 2.00 bits per heavy atom. The quantitative estimate of drug-likeness (QED) is 0.503. The lowest BCUT2D eigenvalue weighted by atomic mass is 10.00.